The van der Waals surface area contributed by atoms with Crippen molar-refractivity contribution in [2.75, 3.05) is 11.9 Å². The first kappa shape index (κ1) is 13.6. The van der Waals surface area contributed by atoms with Crippen molar-refractivity contribution in [1.29, 1.82) is 0 Å². The van der Waals surface area contributed by atoms with Crippen LogP contribution in [0.4, 0.5) is 11.4 Å². The van der Waals surface area contributed by atoms with Crippen LogP contribution in [-0.2, 0) is 0 Å². The Kier molecular flexibility index (Phi) is 3.61. The Morgan fingerprint density at radius 2 is 2.16 bits per heavy atom. The number of nitrogens with one attached hydrogen (secondary N) is 1. The highest BCUT2D eigenvalue weighted by Gasteiger charge is 2.42. The molecule has 1 aromatic rings. The van der Waals surface area contributed by atoms with Crippen LogP contribution in [0.25, 0.3) is 0 Å². The van der Waals surface area contributed by atoms with Crippen molar-refractivity contribution in [3.8, 4) is 5.75 Å². The predicted molar refractivity (Wildman–Crippen MR) is 71.5 cm³/mol. The van der Waals surface area contributed by atoms with Crippen LogP contribution in [-0.4, -0.2) is 28.3 Å². The highest BCUT2D eigenvalue weighted by molar-refractivity contribution is 5.58. The minimum atomic E-state index is -0.448. The van der Waals surface area contributed by atoms with Crippen LogP contribution in [0.5, 0.6) is 5.75 Å². The molecule has 1 aliphatic rings. The molecule has 0 atom stereocenters. The summed E-state index contributed by atoms with van der Waals surface area (Å²) in [5.41, 5.74) is 0.274. The first-order valence-electron chi connectivity index (χ1n) is 6.29. The van der Waals surface area contributed by atoms with Crippen molar-refractivity contribution in [2.45, 2.75) is 38.3 Å². The first-order chi connectivity index (χ1) is 8.94. The normalized spacial score (nSPS) is 16.2. The molecular formula is C13H18N2O4. The number of aliphatic hydroxyl groups excluding tert-OH is 1. The Morgan fingerprint density at radius 1 is 1.47 bits per heavy atom. The average molecular weight is 266 g/mol. The van der Waals surface area contributed by atoms with Gasteiger partial charge in [0.1, 0.15) is 5.75 Å². The van der Waals surface area contributed by atoms with Crippen molar-refractivity contribution in [2.24, 2.45) is 0 Å². The van der Waals surface area contributed by atoms with Gasteiger partial charge in [0.05, 0.1) is 29.2 Å². The predicted octanol–water partition coefficient (Wildman–Crippen LogP) is 2.32. The second kappa shape index (κ2) is 5.05. The molecule has 0 heterocycles. The largest absolute Gasteiger partial charge is 0.491 e. The maximum Gasteiger partial charge on any atom is 0.275 e. The molecule has 6 nitrogen and oxygen atoms in total. The van der Waals surface area contributed by atoms with Crippen molar-refractivity contribution < 1.29 is 14.8 Å². The van der Waals surface area contributed by atoms with Gasteiger partial charge in [0, 0.05) is 17.8 Å². The smallest absolute Gasteiger partial charge is 0.275 e. The van der Waals surface area contributed by atoms with Crippen molar-refractivity contribution >= 4 is 11.4 Å². The lowest BCUT2D eigenvalue weighted by Crippen LogP contribution is -2.25. The summed E-state index contributed by atoms with van der Waals surface area (Å²) in [5.74, 6) is 0.459. The number of benzene rings is 1. The number of anilines is 1. The molecule has 0 aromatic heterocycles. The molecule has 104 valence electrons. The van der Waals surface area contributed by atoms with Crippen molar-refractivity contribution in [3.63, 3.8) is 0 Å². The molecule has 1 aromatic carbocycles. The van der Waals surface area contributed by atoms with Gasteiger partial charge in [0.2, 0.25) is 0 Å². The fraction of sp³-hybridized carbons (Fsp3) is 0.538. The number of ether oxygens (including phenoxy) is 1. The quantitative estimate of drug-likeness (QED) is 0.609. The van der Waals surface area contributed by atoms with Gasteiger partial charge in [0.25, 0.3) is 5.69 Å². The third-order valence-corrected chi connectivity index (χ3v) is 3.04. The van der Waals surface area contributed by atoms with Gasteiger partial charge in [-0.15, -0.1) is 0 Å². The van der Waals surface area contributed by atoms with Crippen LogP contribution in [0.3, 0.4) is 0 Å². The summed E-state index contributed by atoms with van der Waals surface area (Å²) in [6.45, 7) is 3.75. The maximum atomic E-state index is 10.9. The zero-order chi connectivity index (χ0) is 14.0. The van der Waals surface area contributed by atoms with Crippen LogP contribution in [0.1, 0.15) is 26.7 Å². The van der Waals surface area contributed by atoms with Gasteiger partial charge in [-0.25, -0.2) is 0 Å². The monoisotopic (exact) mass is 266 g/mol. The second-order valence-corrected chi connectivity index (χ2v) is 5.20. The molecular weight excluding hydrogens is 248 g/mol. The molecule has 0 amide bonds. The Labute approximate surface area is 111 Å². The number of rotatable bonds is 6. The van der Waals surface area contributed by atoms with Gasteiger partial charge in [0.15, 0.2) is 0 Å². The zero-order valence-electron chi connectivity index (χ0n) is 11.0. The minimum absolute atomic E-state index is 0.0191. The number of non-ortho nitro benzene ring substituents is 1. The number of aliphatic hydroxyl groups is 1. The Morgan fingerprint density at radius 3 is 2.63 bits per heavy atom. The van der Waals surface area contributed by atoms with Crippen molar-refractivity contribution in [1.82, 2.24) is 0 Å². The molecule has 6 heteroatoms. The summed E-state index contributed by atoms with van der Waals surface area (Å²) in [6.07, 6.45) is 1.68. The number of nitro benzene ring substituents is 1. The SMILES string of the molecule is CC(C)Oc1cc(NC2(CO)CC2)cc([N+](=O)[O-])c1. The molecule has 2 N–H and O–H groups in total. The third kappa shape index (κ3) is 3.35. The lowest BCUT2D eigenvalue weighted by atomic mass is 10.2. The summed E-state index contributed by atoms with van der Waals surface area (Å²) < 4.78 is 5.51. The summed E-state index contributed by atoms with van der Waals surface area (Å²) in [7, 11) is 0. The second-order valence-electron chi connectivity index (χ2n) is 5.20. The van der Waals surface area contributed by atoms with E-state index >= 15 is 0 Å². The van der Waals surface area contributed by atoms with E-state index in [9.17, 15) is 15.2 Å². The Bertz CT molecular complexity index is 484. The van der Waals surface area contributed by atoms with Crippen LogP contribution >= 0.6 is 0 Å². The molecule has 1 aliphatic carbocycles. The van der Waals surface area contributed by atoms with Crippen LogP contribution in [0.2, 0.25) is 0 Å². The number of nitro groups is 1. The fourth-order valence-corrected chi connectivity index (χ4v) is 1.88. The molecule has 0 radical (unpaired) electrons. The molecule has 0 saturated heterocycles. The van der Waals surface area contributed by atoms with Crippen LogP contribution in [0, 0.1) is 10.1 Å². The molecule has 0 unspecified atom stereocenters. The third-order valence-electron chi connectivity index (χ3n) is 3.04. The van der Waals surface area contributed by atoms with E-state index in [1.807, 2.05) is 13.8 Å². The average Bonchev–Trinajstić information content (AvgIpc) is 3.08. The van der Waals surface area contributed by atoms with E-state index in [1.54, 1.807) is 6.07 Å². The summed E-state index contributed by atoms with van der Waals surface area (Å²) in [5, 5.41) is 23.4. The Balaban J connectivity index is 2.26. The number of hydrogen-bond donors (Lipinski definition) is 2. The summed E-state index contributed by atoms with van der Waals surface area (Å²) >= 11 is 0. The standard InChI is InChI=1S/C13H18N2O4/c1-9(2)19-12-6-10(5-11(7-12)15(17)18)14-13(8-16)3-4-13/h5-7,9,14,16H,3-4,8H2,1-2H3. The Hall–Kier alpha value is -1.82. The van der Waals surface area contributed by atoms with Gasteiger partial charge < -0.3 is 15.2 Å². The van der Waals surface area contributed by atoms with Gasteiger partial charge in [-0.3, -0.25) is 10.1 Å². The van der Waals surface area contributed by atoms with E-state index in [-0.39, 0.29) is 23.9 Å². The lowest BCUT2D eigenvalue weighted by Gasteiger charge is -2.17. The van der Waals surface area contributed by atoms with Crippen LogP contribution in [0.15, 0.2) is 18.2 Å². The molecule has 0 bridgehead atoms. The van der Waals surface area contributed by atoms with E-state index in [1.165, 1.54) is 12.1 Å². The van der Waals surface area contributed by atoms with E-state index in [2.05, 4.69) is 5.32 Å². The maximum absolute atomic E-state index is 10.9. The molecule has 19 heavy (non-hydrogen) atoms. The van der Waals surface area contributed by atoms with Gasteiger partial charge in [-0.2, -0.15) is 0 Å². The molecule has 2 rings (SSSR count). The molecule has 0 aliphatic heterocycles. The topological polar surface area (TPSA) is 84.6 Å². The van der Waals surface area contributed by atoms with Gasteiger partial charge in [-0.1, -0.05) is 0 Å². The van der Waals surface area contributed by atoms with Crippen molar-refractivity contribution in [3.05, 3.63) is 28.3 Å². The number of nitrogens with zero attached hydrogens (tertiary/aromatic N) is 1. The number of hydrogen-bond acceptors (Lipinski definition) is 5. The van der Waals surface area contributed by atoms with Gasteiger partial charge in [-0.05, 0) is 26.7 Å². The van der Waals surface area contributed by atoms with E-state index < -0.39 is 4.92 Å². The molecule has 0 spiro atoms. The fourth-order valence-electron chi connectivity index (χ4n) is 1.88. The molecule has 1 fully saturated rings. The van der Waals surface area contributed by atoms with E-state index in [0.717, 1.165) is 12.8 Å². The first-order valence-corrected chi connectivity index (χ1v) is 6.29. The van der Waals surface area contributed by atoms with E-state index in [0.29, 0.717) is 11.4 Å². The van der Waals surface area contributed by atoms with E-state index in [4.69, 9.17) is 4.74 Å². The highest BCUT2D eigenvalue weighted by Crippen LogP contribution is 2.39. The highest BCUT2D eigenvalue weighted by atomic mass is 16.6. The summed E-state index contributed by atoms with van der Waals surface area (Å²) in [4.78, 5) is 10.5. The summed E-state index contributed by atoms with van der Waals surface area (Å²) in [6, 6.07) is 4.59. The lowest BCUT2D eigenvalue weighted by molar-refractivity contribution is -0.384. The minimum Gasteiger partial charge on any atom is -0.491 e. The zero-order valence-corrected chi connectivity index (χ0v) is 11.0. The van der Waals surface area contributed by atoms with Crippen LogP contribution < -0.4 is 10.1 Å². The molecule has 1 saturated carbocycles. The van der Waals surface area contributed by atoms with Gasteiger partial charge >= 0.3 is 0 Å².